The summed E-state index contributed by atoms with van der Waals surface area (Å²) >= 11 is 0. The number of pyridine rings is 1. The second kappa shape index (κ2) is 4.59. The summed E-state index contributed by atoms with van der Waals surface area (Å²) in [4.78, 5) is 4.39. The summed E-state index contributed by atoms with van der Waals surface area (Å²) in [6, 6.07) is 18.7. The molecule has 2 heteroatoms. The molecular weight excluding hydrogens is 220 g/mol. The minimum absolute atomic E-state index is 0.460. The van der Waals surface area contributed by atoms with Gasteiger partial charge in [-0.15, -0.1) is 0 Å². The van der Waals surface area contributed by atoms with Crippen molar-refractivity contribution in [2.24, 2.45) is 5.73 Å². The van der Waals surface area contributed by atoms with Crippen LogP contribution in [0.5, 0.6) is 0 Å². The molecule has 0 fully saturated rings. The van der Waals surface area contributed by atoms with Gasteiger partial charge in [-0.05, 0) is 22.6 Å². The third kappa shape index (κ3) is 1.77. The summed E-state index contributed by atoms with van der Waals surface area (Å²) in [5.41, 5.74) is 9.15. The van der Waals surface area contributed by atoms with E-state index in [-0.39, 0.29) is 0 Å². The van der Waals surface area contributed by atoms with Crippen LogP contribution in [-0.4, -0.2) is 4.98 Å². The predicted molar refractivity (Wildman–Crippen MR) is 75.1 cm³/mol. The van der Waals surface area contributed by atoms with Crippen molar-refractivity contribution in [3.63, 3.8) is 0 Å². The Bertz CT molecular complexity index is 670. The average molecular weight is 234 g/mol. The lowest BCUT2D eigenvalue weighted by molar-refractivity contribution is 1.01. The fourth-order valence-electron chi connectivity index (χ4n) is 2.32. The molecule has 0 spiro atoms. The zero-order valence-corrected chi connectivity index (χ0v) is 10.0. The summed E-state index contributed by atoms with van der Waals surface area (Å²) in [6.45, 7) is 0.460. The Hall–Kier alpha value is -2.19. The van der Waals surface area contributed by atoms with Crippen molar-refractivity contribution in [3.8, 4) is 11.1 Å². The zero-order chi connectivity index (χ0) is 12.4. The first-order chi connectivity index (χ1) is 8.90. The van der Waals surface area contributed by atoms with Crippen LogP contribution in [0.3, 0.4) is 0 Å². The van der Waals surface area contributed by atoms with Gasteiger partial charge >= 0.3 is 0 Å². The molecule has 0 bridgehead atoms. The molecule has 3 rings (SSSR count). The van der Waals surface area contributed by atoms with Crippen LogP contribution in [0.2, 0.25) is 0 Å². The molecular formula is C16H14N2. The van der Waals surface area contributed by atoms with E-state index in [2.05, 4.69) is 35.3 Å². The first kappa shape index (κ1) is 10.9. The lowest BCUT2D eigenvalue weighted by Crippen LogP contribution is -2.01. The third-order valence-electron chi connectivity index (χ3n) is 3.15. The number of hydrogen-bond acceptors (Lipinski definition) is 2. The fourth-order valence-corrected chi connectivity index (χ4v) is 2.32. The van der Waals surface area contributed by atoms with Gasteiger partial charge in [-0.2, -0.15) is 0 Å². The molecule has 2 nitrogen and oxygen atoms in total. The molecule has 0 radical (unpaired) electrons. The van der Waals surface area contributed by atoms with Gasteiger partial charge in [-0.1, -0.05) is 48.5 Å². The standard InChI is InChI=1S/C16H14N2/c17-11-15-16-13(9-10-18-15)7-4-8-14(16)12-5-2-1-3-6-12/h1-10H,11,17H2. The largest absolute Gasteiger partial charge is 0.325 e. The van der Waals surface area contributed by atoms with Gasteiger partial charge in [0.25, 0.3) is 0 Å². The van der Waals surface area contributed by atoms with Gasteiger partial charge in [0.2, 0.25) is 0 Å². The van der Waals surface area contributed by atoms with Crippen LogP contribution in [0, 0.1) is 0 Å². The molecule has 1 heterocycles. The maximum atomic E-state index is 5.80. The number of benzene rings is 2. The summed E-state index contributed by atoms with van der Waals surface area (Å²) in [5, 5.41) is 2.35. The van der Waals surface area contributed by atoms with Crippen LogP contribution in [-0.2, 0) is 6.54 Å². The van der Waals surface area contributed by atoms with E-state index in [1.165, 1.54) is 16.5 Å². The monoisotopic (exact) mass is 234 g/mol. The van der Waals surface area contributed by atoms with Crippen molar-refractivity contribution in [3.05, 3.63) is 66.5 Å². The van der Waals surface area contributed by atoms with Crippen LogP contribution in [0.1, 0.15) is 5.69 Å². The zero-order valence-electron chi connectivity index (χ0n) is 10.0. The highest BCUT2D eigenvalue weighted by Gasteiger charge is 2.07. The summed E-state index contributed by atoms with van der Waals surface area (Å²) in [7, 11) is 0. The van der Waals surface area contributed by atoms with Crippen LogP contribution in [0.25, 0.3) is 21.9 Å². The molecule has 0 aliphatic heterocycles. The van der Waals surface area contributed by atoms with E-state index >= 15 is 0 Å². The molecule has 0 unspecified atom stereocenters. The summed E-state index contributed by atoms with van der Waals surface area (Å²) in [5.74, 6) is 0. The lowest BCUT2D eigenvalue weighted by atomic mass is 9.97. The van der Waals surface area contributed by atoms with Crippen molar-refractivity contribution >= 4 is 10.8 Å². The van der Waals surface area contributed by atoms with Crippen LogP contribution in [0.15, 0.2) is 60.8 Å². The van der Waals surface area contributed by atoms with Gasteiger partial charge < -0.3 is 5.73 Å². The highest BCUT2D eigenvalue weighted by molar-refractivity contribution is 5.98. The van der Waals surface area contributed by atoms with E-state index < -0.39 is 0 Å². The molecule has 1 aromatic heterocycles. The molecule has 2 N–H and O–H groups in total. The van der Waals surface area contributed by atoms with Gasteiger partial charge in [0.1, 0.15) is 0 Å². The quantitative estimate of drug-likeness (QED) is 0.738. The Kier molecular flexibility index (Phi) is 2.79. The van der Waals surface area contributed by atoms with Crippen molar-refractivity contribution in [1.82, 2.24) is 4.98 Å². The first-order valence-corrected chi connectivity index (χ1v) is 6.02. The van der Waals surface area contributed by atoms with Crippen molar-refractivity contribution < 1.29 is 0 Å². The van der Waals surface area contributed by atoms with Gasteiger partial charge in [-0.3, -0.25) is 4.98 Å². The molecule has 3 aromatic rings. The Labute approximate surface area is 106 Å². The summed E-state index contributed by atoms with van der Waals surface area (Å²) in [6.07, 6.45) is 1.82. The van der Waals surface area contributed by atoms with Crippen LogP contribution in [0.4, 0.5) is 0 Å². The van der Waals surface area contributed by atoms with Crippen LogP contribution < -0.4 is 5.73 Å². The van der Waals surface area contributed by atoms with Crippen molar-refractivity contribution in [2.45, 2.75) is 6.54 Å². The third-order valence-corrected chi connectivity index (χ3v) is 3.15. The Balaban J connectivity index is 2.36. The van der Waals surface area contributed by atoms with E-state index in [9.17, 15) is 0 Å². The fraction of sp³-hybridized carbons (Fsp3) is 0.0625. The van der Waals surface area contributed by atoms with Gasteiger partial charge in [0.05, 0.1) is 5.69 Å². The molecule has 0 atom stereocenters. The Morgan fingerprint density at radius 3 is 2.50 bits per heavy atom. The molecule has 0 saturated heterocycles. The van der Waals surface area contributed by atoms with E-state index in [0.29, 0.717) is 6.54 Å². The Morgan fingerprint density at radius 1 is 0.889 bits per heavy atom. The van der Waals surface area contributed by atoms with Gasteiger partial charge in [-0.25, -0.2) is 0 Å². The number of hydrogen-bond donors (Lipinski definition) is 1. The summed E-state index contributed by atoms with van der Waals surface area (Å²) < 4.78 is 0. The van der Waals surface area contributed by atoms with Gasteiger partial charge in [0.15, 0.2) is 0 Å². The number of rotatable bonds is 2. The smallest absolute Gasteiger partial charge is 0.0623 e. The van der Waals surface area contributed by atoms with E-state index in [0.717, 1.165) is 11.1 Å². The highest BCUT2D eigenvalue weighted by atomic mass is 14.7. The minimum Gasteiger partial charge on any atom is -0.325 e. The van der Waals surface area contributed by atoms with Crippen molar-refractivity contribution in [2.75, 3.05) is 0 Å². The van der Waals surface area contributed by atoms with Gasteiger partial charge in [0, 0.05) is 18.1 Å². The number of aromatic nitrogens is 1. The van der Waals surface area contributed by atoms with Crippen molar-refractivity contribution in [1.29, 1.82) is 0 Å². The van der Waals surface area contributed by atoms with E-state index in [1.807, 2.05) is 30.5 Å². The SMILES string of the molecule is NCc1nccc2cccc(-c3ccccc3)c12. The average Bonchev–Trinajstić information content (AvgIpc) is 2.47. The normalized spacial score (nSPS) is 10.7. The lowest BCUT2D eigenvalue weighted by Gasteiger charge is -2.09. The molecule has 2 aromatic carbocycles. The number of nitrogens with zero attached hydrogens (tertiary/aromatic N) is 1. The molecule has 88 valence electrons. The molecule has 0 aliphatic rings. The number of fused-ring (bicyclic) bond motifs is 1. The minimum atomic E-state index is 0.460. The second-order valence-electron chi connectivity index (χ2n) is 4.23. The second-order valence-corrected chi connectivity index (χ2v) is 4.23. The van der Waals surface area contributed by atoms with E-state index in [4.69, 9.17) is 5.73 Å². The van der Waals surface area contributed by atoms with E-state index in [1.54, 1.807) is 0 Å². The molecule has 0 saturated carbocycles. The number of nitrogens with two attached hydrogens (primary N) is 1. The highest BCUT2D eigenvalue weighted by Crippen LogP contribution is 2.29. The molecule has 18 heavy (non-hydrogen) atoms. The first-order valence-electron chi connectivity index (χ1n) is 6.02. The molecule has 0 aliphatic carbocycles. The maximum Gasteiger partial charge on any atom is 0.0623 e. The van der Waals surface area contributed by atoms with Crippen LogP contribution >= 0.6 is 0 Å². The maximum absolute atomic E-state index is 5.80. The predicted octanol–water partition coefficient (Wildman–Crippen LogP) is 3.36. The molecule has 0 amide bonds. The Morgan fingerprint density at radius 2 is 1.72 bits per heavy atom. The topological polar surface area (TPSA) is 38.9 Å².